The Morgan fingerprint density at radius 2 is 1.73 bits per heavy atom. The number of carbonyl (C=O) groups is 1. The van der Waals surface area contributed by atoms with Crippen LogP contribution in [0.25, 0.3) is 0 Å². The molecular weight excluding hydrogens is 294 g/mol. The lowest BCUT2D eigenvalue weighted by molar-refractivity contribution is 0.102. The first-order chi connectivity index (χ1) is 10.8. The predicted octanol–water partition coefficient (Wildman–Crippen LogP) is 4.58. The quantitative estimate of drug-likeness (QED) is 0.749. The fraction of sp³-hybridized carbons (Fsp3) is 0.0556. The first-order valence-corrected chi connectivity index (χ1v) is 7.81. The van der Waals surface area contributed by atoms with Gasteiger partial charge in [0.1, 0.15) is 12.4 Å². The van der Waals surface area contributed by atoms with E-state index in [0.717, 1.165) is 11.4 Å². The largest absolute Gasteiger partial charge is 0.488 e. The number of ether oxygens (including phenoxy) is 1. The molecule has 0 saturated heterocycles. The maximum Gasteiger partial charge on any atom is 0.255 e. The summed E-state index contributed by atoms with van der Waals surface area (Å²) in [5, 5.41) is 4.88. The molecule has 1 heterocycles. The average Bonchev–Trinajstić information content (AvgIpc) is 3.08. The molecule has 4 heteroatoms. The van der Waals surface area contributed by atoms with Crippen LogP contribution in [0, 0.1) is 0 Å². The van der Waals surface area contributed by atoms with Crippen LogP contribution in [0.4, 0.5) is 5.69 Å². The summed E-state index contributed by atoms with van der Waals surface area (Å²) in [5.41, 5.74) is 1.39. The van der Waals surface area contributed by atoms with Crippen molar-refractivity contribution in [2.45, 2.75) is 6.61 Å². The molecule has 110 valence electrons. The highest BCUT2D eigenvalue weighted by Crippen LogP contribution is 2.17. The normalized spacial score (nSPS) is 10.2. The molecular formula is C18H15NO2S. The number of rotatable bonds is 5. The molecule has 0 bridgehead atoms. The van der Waals surface area contributed by atoms with E-state index < -0.39 is 0 Å². The van der Waals surface area contributed by atoms with Crippen LogP contribution < -0.4 is 10.1 Å². The van der Waals surface area contributed by atoms with Gasteiger partial charge in [-0.1, -0.05) is 24.3 Å². The van der Waals surface area contributed by atoms with E-state index in [0.29, 0.717) is 12.2 Å². The minimum atomic E-state index is -0.129. The van der Waals surface area contributed by atoms with Crippen LogP contribution in [0.5, 0.6) is 5.75 Å². The van der Waals surface area contributed by atoms with Gasteiger partial charge in [-0.3, -0.25) is 4.79 Å². The lowest BCUT2D eigenvalue weighted by Gasteiger charge is -2.07. The molecule has 1 N–H and O–H groups in total. The molecule has 2 aromatic carbocycles. The molecule has 0 atom stereocenters. The summed E-state index contributed by atoms with van der Waals surface area (Å²) in [6.45, 7) is 0.549. The minimum Gasteiger partial charge on any atom is -0.488 e. The Morgan fingerprint density at radius 1 is 0.955 bits per heavy atom. The van der Waals surface area contributed by atoms with Crippen molar-refractivity contribution < 1.29 is 9.53 Å². The monoisotopic (exact) mass is 309 g/mol. The van der Waals surface area contributed by atoms with Crippen LogP contribution >= 0.6 is 11.3 Å². The lowest BCUT2D eigenvalue weighted by atomic mass is 10.2. The molecule has 1 amide bonds. The Balaban J connectivity index is 1.60. The zero-order valence-corrected chi connectivity index (χ0v) is 12.7. The van der Waals surface area contributed by atoms with Gasteiger partial charge in [-0.05, 0) is 47.8 Å². The molecule has 0 spiro atoms. The Bertz CT molecular complexity index is 722. The van der Waals surface area contributed by atoms with Crippen molar-refractivity contribution in [1.29, 1.82) is 0 Å². The third-order valence-electron chi connectivity index (χ3n) is 3.11. The zero-order valence-electron chi connectivity index (χ0n) is 11.9. The number of carbonyl (C=O) groups excluding carboxylic acids is 1. The van der Waals surface area contributed by atoms with E-state index in [4.69, 9.17) is 4.74 Å². The summed E-state index contributed by atoms with van der Waals surface area (Å²) in [6, 6.07) is 20.6. The zero-order chi connectivity index (χ0) is 15.2. The van der Waals surface area contributed by atoms with E-state index in [9.17, 15) is 4.79 Å². The van der Waals surface area contributed by atoms with E-state index >= 15 is 0 Å². The number of nitrogens with one attached hydrogen (secondary N) is 1. The van der Waals surface area contributed by atoms with Crippen LogP contribution in [0.15, 0.2) is 72.1 Å². The number of amides is 1. The van der Waals surface area contributed by atoms with Crippen molar-refractivity contribution in [2.24, 2.45) is 0 Å². The predicted molar refractivity (Wildman–Crippen MR) is 89.5 cm³/mol. The lowest BCUT2D eigenvalue weighted by Crippen LogP contribution is -2.11. The smallest absolute Gasteiger partial charge is 0.255 e. The number of anilines is 1. The maximum absolute atomic E-state index is 12.1. The number of hydrogen-bond acceptors (Lipinski definition) is 3. The highest BCUT2D eigenvalue weighted by molar-refractivity contribution is 7.09. The third-order valence-corrected chi connectivity index (χ3v) is 3.96. The molecule has 0 aliphatic carbocycles. The molecule has 0 aliphatic rings. The van der Waals surface area contributed by atoms with E-state index in [1.165, 1.54) is 4.88 Å². The first kappa shape index (κ1) is 14.4. The van der Waals surface area contributed by atoms with Gasteiger partial charge in [0.05, 0.1) is 0 Å². The number of thiophene rings is 1. The van der Waals surface area contributed by atoms with Crippen LogP contribution in [-0.4, -0.2) is 5.91 Å². The molecule has 0 fully saturated rings. The van der Waals surface area contributed by atoms with Crippen molar-refractivity contribution in [3.05, 3.63) is 82.6 Å². The standard InChI is InChI=1S/C18H15NO2S/c20-18(19-15-5-2-1-3-6-15)14-8-10-16(11-9-14)21-13-17-7-4-12-22-17/h1-12H,13H2,(H,19,20). The van der Waals surface area contributed by atoms with Crippen molar-refractivity contribution in [3.8, 4) is 5.75 Å². The fourth-order valence-electron chi connectivity index (χ4n) is 1.98. The molecule has 0 unspecified atom stereocenters. The summed E-state index contributed by atoms with van der Waals surface area (Å²) < 4.78 is 5.68. The SMILES string of the molecule is O=C(Nc1ccccc1)c1ccc(OCc2cccs2)cc1. The van der Waals surface area contributed by atoms with Gasteiger partial charge in [-0.25, -0.2) is 0 Å². The van der Waals surface area contributed by atoms with Crippen molar-refractivity contribution in [1.82, 2.24) is 0 Å². The fourth-order valence-corrected chi connectivity index (χ4v) is 2.59. The van der Waals surface area contributed by atoms with Crippen LogP contribution in [0.2, 0.25) is 0 Å². The van der Waals surface area contributed by atoms with E-state index in [2.05, 4.69) is 5.32 Å². The molecule has 0 aliphatic heterocycles. The van der Waals surface area contributed by atoms with Gasteiger partial charge < -0.3 is 10.1 Å². The Labute approximate surface area is 133 Å². The number of hydrogen-bond donors (Lipinski definition) is 1. The third kappa shape index (κ3) is 3.74. The second-order valence-corrected chi connectivity index (χ2v) is 5.74. The van der Waals surface area contributed by atoms with E-state index in [1.54, 1.807) is 23.5 Å². The summed E-state index contributed by atoms with van der Waals surface area (Å²) in [7, 11) is 0. The topological polar surface area (TPSA) is 38.3 Å². The van der Waals surface area contributed by atoms with Gasteiger partial charge in [0.2, 0.25) is 0 Å². The molecule has 3 rings (SSSR count). The van der Waals surface area contributed by atoms with Gasteiger partial charge in [-0.15, -0.1) is 11.3 Å². The van der Waals surface area contributed by atoms with Gasteiger partial charge in [0, 0.05) is 16.1 Å². The summed E-state index contributed by atoms with van der Waals surface area (Å²) in [5.74, 6) is 0.626. The second-order valence-electron chi connectivity index (χ2n) is 4.71. The Morgan fingerprint density at radius 3 is 2.41 bits per heavy atom. The Hall–Kier alpha value is -2.59. The molecule has 1 aromatic heterocycles. The molecule has 0 saturated carbocycles. The maximum atomic E-state index is 12.1. The van der Waals surface area contributed by atoms with Crippen molar-refractivity contribution >= 4 is 22.9 Å². The average molecular weight is 309 g/mol. The number of benzene rings is 2. The summed E-state index contributed by atoms with van der Waals surface area (Å²) in [6.07, 6.45) is 0. The van der Waals surface area contributed by atoms with Gasteiger partial charge in [0.15, 0.2) is 0 Å². The number of para-hydroxylation sites is 1. The Kier molecular flexibility index (Phi) is 4.51. The minimum absolute atomic E-state index is 0.129. The molecule has 22 heavy (non-hydrogen) atoms. The molecule has 3 aromatic rings. The molecule has 3 nitrogen and oxygen atoms in total. The highest BCUT2D eigenvalue weighted by atomic mass is 32.1. The highest BCUT2D eigenvalue weighted by Gasteiger charge is 2.06. The van der Waals surface area contributed by atoms with E-state index in [1.807, 2.05) is 60.0 Å². The van der Waals surface area contributed by atoms with Crippen LogP contribution in [-0.2, 0) is 6.61 Å². The van der Waals surface area contributed by atoms with Crippen molar-refractivity contribution in [2.75, 3.05) is 5.32 Å². The van der Waals surface area contributed by atoms with Gasteiger partial charge >= 0.3 is 0 Å². The van der Waals surface area contributed by atoms with Crippen LogP contribution in [0.3, 0.4) is 0 Å². The van der Waals surface area contributed by atoms with Gasteiger partial charge in [0.25, 0.3) is 5.91 Å². The summed E-state index contributed by atoms with van der Waals surface area (Å²) >= 11 is 1.66. The second kappa shape index (κ2) is 6.91. The van der Waals surface area contributed by atoms with Gasteiger partial charge in [-0.2, -0.15) is 0 Å². The molecule has 0 radical (unpaired) electrons. The van der Waals surface area contributed by atoms with E-state index in [-0.39, 0.29) is 5.91 Å². The summed E-state index contributed by atoms with van der Waals surface area (Å²) in [4.78, 5) is 13.3. The first-order valence-electron chi connectivity index (χ1n) is 6.93. The van der Waals surface area contributed by atoms with Crippen LogP contribution in [0.1, 0.15) is 15.2 Å². The van der Waals surface area contributed by atoms with Crippen molar-refractivity contribution in [3.63, 3.8) is 0 Å².